The summed E-state index contributed by atoms with van der Waals surface area (Å²) in [6.45, 7) is 9.05. The number of hydrogen-bond donors (Lipinski definition) is 0. The van der Waals surface area contributed by atoms with Crippen LogP contribution in [0.3, 0.4) is 0 Å². The van der Waals surface area contributed by atoms with Gasteiger partial charge in [-0.15, -0.1) is 0 Å². The van der Waals surface area contributed by atoms with Gasteiger partial charge in [0.15, 0.2) is 0 Å². The van der Waals surface area contributed by atoms with Crippen molar-refractivity contribution in [2.24, 2.45) is 5.41 Å². The average Bonchev–Trinajstić information content (AvgIpc) is 2.67. The quantitative estimate of drug-likeness (QED) is 0.240. The third-order valence-electron chi connectivity index (χ3n) is 6.23. The first-order chi connectivity index (χ1) is 15.0. The number of hydrogen-bond acceptors (Lipinski definition) is 2. The molecular formula is C29H33GeNO. The summed E-state index contributed by atoms with van der Waals surface area (Å²) >= 11 is -1.68. The fraction of sp³-hybridized carbons (Fsp3) is 0.345. The summed E-state index contributed by atoms with van der Waals surface area (Å²) in [4.78, 5) is 4.82. The van der Waals surface area contributed by atoms with Gasteiger partial charge < -0.3 is 0 Å². The van der Waals surface area contributed by atoms with Crippen molar-refractivity contribution >= 4 is 34.8 Å². The number of benzene rings is 3. The van der Waals surface area contributed by atoms with Crippen LogP contribution in [0.15, 0.2) is 48.7 Å². The van der Waals surface area contributed by atoms with Crippen LogP contribution in [0.4, 0.5) is 0 Å². The third kappa shape index (κ3) is 3.94. The molecule has 1 aliphatic rings. The molecule has 3 heteroatoms. The summed E-state index contributed by atoms with van der Waals surface area (Å²) in [5.41, 5.74) is 6.36. The molecular weight excluding hydrogens is 451 g/mol. The Labute approximate surface area is 194 Å². The van der Waals surface area contributed by atoms with E-state index in [1.165, 1.54) is 38.1 Å². The molecule has 4 aromatic rings. The van der Waals surface area contributed by atoms with Gasteiger partial charge in [0.05, 0.1) is 0 Å². The molecule has 0 fully saturated rings. The van der Waals surface area contributed by atoms with Crippen LogP contribution >= 0.6 is 0 Å². The van der Waals surface area contributed by atoms with Crippen LogP contribution in [0, 0.1) is 12.3 Å². The molecule has 164 valence electrons. The molecule has 0 spiro atoms. The topological polar surface area (TPSA) is 22.1 Å². The molecule has 0 saturated heterocycles. The second kappa shape index (κ2) is 7.35. The van der Waals surface area contributed by atoms with E-state index in [4.69, 9.17) is 9.72 Å². The van der Waals surface area contributed by atoms with Crippen LogP contribution in [-0.2, 0) is 11.7 Å². The first kappa shape index (κ1) is 21.5. The molecule has 0 N–H and O–H groups in total. The maximum atomic E-state index is 6.66. The van der Waals surface area contributed by atoms with Crippen molar-refractivity contribution in [3.63, 3.8) is 0 Å². The normalized spacial score (nSPS) is 13.3. The van der Waals surface area contributed by atoms with Crippen molar-refractivity contribution in [2.75, 3.05) is 0 Å². The van der Waals surface area contributed by atoms with Gasteiger partial charge in [0.2, 0.25) is 0 Å². The van der Waals surface area contributed by atoms with E-state index in [0.29, 0.717) is 0 Å². The van der Waals surface area contributed by atoms with Gasteiger partial charge in [0.25, 0.3) is 0 Å². The zero-order chi connectivity index (χ0) is 22.8. The maximum absolute atomic E-state index is 6.66. The second-order valence-corrected chi connectivity index (χ2v) is 23.3. The van der Waals surface area contributed by atoms with Crippen LogP contribution in [0.5, 0.6) is 11.5 Å². The number of rotatable bonds is 3. The minimum absolute atomic E-state index is 0.225. The number of fused-ring (bicyclic) bond motifs is 3. The third-order valence-corrected chi connectivity index (χ3v) is 9.31. The van der Waals surface area contributed by atoms with Crippen molar-refractivity contribution in [2.45, 2.75) is 56.6 Å². The van der Waals surface area contributed by atoms with Gasteiger partial charge in [0, 0.05) is 0 Å². The zero-order valence-corrected chi connectivity index (χ0v) is 22.5. The summed E-state index contributed by atoms with van der Waals surface area (Å²) in [5, 5.41) is 6.15. The van der Waals surface area contributed by atoms with Gasteiger partial charge in [-0.25, -0.2) is 0 Å². The molecule has 1 aromatic heterocycles. The van der Waals surface area contributed by atoms with Crippen LogP contribution in [0.1, 0.15) is 37.5 Å². The van der Waals surface area contributed by atoms with Crippen molar-refractivity contribution < 1.29 is 4.74 Å². The van der Waals surface area contributed by atoms with Gasteiger partial charge in [-0.1, -0.05) is 20.8 Å². The van der Waals surface area contributed by atoms with E-state index in [-0.39, 0.29) is 5.41 Å². The van der Waals surface area contributed by atoms with E-state index < -0.39 is 13.3 Å². The molecule has 32 heavy (non-hydrogen) atoms. The van der Waals surface area contributed by atoms with Gasteiger partial charge >= 0.3 is 174 Å². The van der Waals surface area contributed by atoms with E-state index in [1.807, 2.05) is 6.20 Å². The van der Waals surface area contributed by atoms with Crippen molar-refractivity contribution in [1.29, 1.82) is 0 Å². The molecule has 0 amide bonds. The number of nitrogens with zero attached hydrogens (tertiary/aromatic N) is 1. The molecule has 0 bridgehead atoms. The molecule has 5 rings (SSSR count). The summed E-state index contributed by atoms with van der Waals surface area (Å²) in [6.07, 6.45) is 2.96. The van der Waals surface area contributed by atoms with E-state index in [9.17, 15) is 0 Å². The molecule has 0 radical (unpaired) electrons. The van der Waals surface area contributed by atoms with Crippen LogP contribution in [-0.4, -0.2) is 18.3 Å². The first-order valence-electron chi connectivity index (χ1n) is 11.6. The van der Waals surface area contributed by atoms with Gasteiger partial charge in [0.1, 0.15) is 0 Å². The Kier molecular flexibility index (Phi) is 4.94. The standard InChI is InChI=1S/C29H33GeNO/c1-18-23-13-19(17-30(5,6)7)8-9-21(23)15-24-27-26-22(10-11-31-27)12-20(16-29(2,3)4)14-25(26)32-28(18)24/h8-15H,16-17H2,1-7H3. The van der Waals surface area contributed by atoms with Crippen molar-refractivity contribution in [1.82, 2.24) is 4.98 Å². The predicted octanol–water partition coefficient (Wildman–Crippen LogP) is 8.48. The summed E-state index contributed by atoms with van der Waals surface area (Å²) in [5.74, 6) is 9.34. The van der Waals surface area contributed by atoms with Gasteiger partial charge in [-0.3, -0.25) is 0 Å². The first-order valence-corrected chi connectivity index (χ1v) is 19.4. The summed E-state index contributed by atoms with van der Waals surface area (Å²) < 4.78 is 6.66. The Morgan fingerprint density at radius 2 is 1.69 bits per heavy atom. The van der Waals surface area contributed by atoms with Crippen molar-refractivity contribution in [3.8, 4) is 22.8 Å². The van der Waals surface area contributed by atoms with Gasteiger partial charge in [-0.05, 0) is 0 Å². The Hall–Kier alpha value is -2.33. The Bertz CT molecular complexity index is 1370. The summed E-state index contributed by atoms with van der Waals surface area (Å²) in [6, 6.07) is 15.9. The molecule has 2 heterocycles. The number of aromatic nitrogens is 1. The molecule has 0 saturated carbocycles. The Morgan fingerprint density at radius 1 is 0.906 bits per heavy atom. The monoisotopic (exact) mass is 485 g/mol. The molecule has 0 aliphatic carbocycles. The molecule has 2 nitrogen and oxygen atoms in total. The van der Waals surface area contributed by atoms with Crippen LogP contribution < -0.4 is 4.74 Å². The van der Waals surface area contributed by atoms with E-state index in [1.54, 1.807) is 0 Å². The van der Waals surface area contributed by atoms with Crippen LogP contribution in [0.25, 0.3) is 32.8 Å². The fourth-order valence-corrected chi connectivity index (χ4v) is 8.11. The number of pyridine rings is 1. The van der Waals surface area contributed by atoms with Crippen molar-refractivity contribution in [3.05, 3.63) is 65.4 Å². The molecule has 0 atom stereocenters. The predicted molar refractivity (Wildman–Crippen MR) is 140 cm³/mol. The second-order valence-electron chi connectivity index (χ2n) is 11.9. The Morgan fingerprint density at radius 3 is 2.41 bits per heavy atom. The SMILES string of the molecule is Cc1c2c(cc3ccc([CH2][Ge]([CH3])([CH3])[CH3])cc13)-c1nccc3cc(CC(C)(C)C)cc(c13)O2. The molecule has 1 aliphatic heterocycles. The Balaban J connectivity index is 1.71. The summed E-state index contributed by atoms with van der Waals surface area (Å²) in [7, 11) is 0. The van der Waals surface area contributed by atoms with E-state index in [0.717, 1.165) is 34.6 Å². The van der Waals surface area contributed by atoms with E-state index in [2.05, 4.69) is 87.4 Å². The minimum atomic E-state index is -1.68. The number of ether oxygens (including phenoxy) is 1. The average molecular weight is 484 g/mol. The fourth-order valence-electron chi connectivity index (χ4n) is 5.08. The molecule has 0 unspecified atom stereocenters. The molecule has 3 aromatic carbocycles. The van der Waals surface area contributed by atoms with E-state index >= 15 is 0 Å². The number of aryl methyl sites for hydroxylation is 1. The van der Waals surface area contributed by atoms with Crippen LogP contribution in [0.2, 0.25) is 17.3 Å². The van der Waals surface area contributed by atoms with Gasteiger partial charge in [-0.2, -0.15) is 0 Å². The zero-order valence-electron chi connectivity index (χ0n) is 20.4.